The molecule has 1 aromatic heterocycles. The summed E-state index contributed by atoms with van der Waals surface area (Å²) in [6.07, 6.45) is 0. The number of halogens is 1. The molecule has 114 valence electrons. The fraction of sp³-hybridized carbons (Fsp3) is 0.0833. The molecule has 10 heteroatoms. The molecule has 0 atom stereocenters. The molecule has 2 amide bonds. The van der Waals surface area contributed by atoms with Gasteiger partial charge in [0.05, 0.1) is 4.92 Å². The van der Waals surface area contributed by atoms with Gasteiger partial charge in [-0.1, -0.05) is 11.6 Å². The van der Waals surface area contributed by atoms with Crippen LogP contribution in [0.4, 0.5) is 5.69 Å². The van der Waals surface area contributed by atoms with Crippen LogP contribution in [0.3, 0.4) is 0 Å². The van der Waals surface area contributed by atoms with E-state index in [9.17, 15) is 19.7 Å². The molecule has 0 fully saturated rings. The van der Waals surface area contributed by atoms with Crippen molar-refractivity contribution in [1.82, 2.24) is 21.0 Å². The van der Waals surface area contributed by atoms with Gasteiger partial charge >= 0.3 is 0 Å². The molecule has 0 aliphatic rings. The van der Waals surface area contributed by atoms with Gasteiger partial charge in [-0.25, -0.2) is 0 Å². The Morgan fingerprint density at radius 2 is 1.95 bits per heavy atom. The molecule has 2 rings (SSSR count). The largest absolute Gasteiger partial charge is 0.290 e. The first-order valence-electron chi connectivity index (χ1n) is 5.95. The number of hydrazine groups is 1. The minimum Gasteiger partial charge on any atom is -0.282 e. The second-order valence-corrected chi connectivity index (χ2v) is 4.67. The van der Waals surface area contributed by atoms with Crippen LogP contribution in [-0.2, 0) is 0 Å². The van der Waals surface area contributed by atoms with Crippen molar-refractivity contribution in [3.63, 3.8) is 0 Å². The molecule has 3 N–H and O–H groups in total. The number of amides is 2. The topological polar surface area (TPSA) is 130 Å². The van der Waals surface area contributed by atoms with Gasteiger partial charge in [0.2, 0.25) is 0 Å². The summed E-state index contributed by atoms with van der Waals surface area (Å²) < 4.78 is 0. The third-order valence-corrected chi connectivity index (χ3v) is 2.95. The molecule has 0 bridgehead atoms. The quantitative estimate of drug-likeness (QED) is 0.580. The number of rotatable bonds is 3. The molecule has 0 spiro atoms. The fourth-order valence-corrected chi connectivity index (χ4v) is 1.76. The molecule has 0 unspecified atom stereocenters. The lowest BCUT2D eigenvalue weighted by atomic mass is 10.2. The van der Waals surface area contributed by atoms with Crippen molar-refractivity contribution in [2.45, 2.75) is 6.92 Å². The van der Waals surface area contributed by atoms with Crippen molar-refractivity contribution < 1.29 is 14.5 Å². The van der Waals surface area contributed by atoms with Gasteiger partial charge in [-0.15, -0.1) is 0 Å². The number of aryl methyl sites for hydroxylation is 1. The molecular weight excluding hydrogens is 314 g/mol. The standard InChI is InChI=1S/C12H10ClN5O4/c1-6-4-9(15-14-6)12(20)17-16-11(19)7-2-3-8(13)10(5-7)18(21)22/h2-5H,1H3,(H,14,15)(H,16,19)(H,17,20). The van der Waals surface area contributed by atoms with Gasteiger partial charge in [0.25, 0.3) is 17.5 Å². The van der Waals surface area contributed by atoms with Crippen LogP contribution in [-0.4, -0.2) is 26.9 Å². The fourth-order valence-electron chi connectivity index (χ4n) is 1.58. The number of aromatic amines is 1. The predicted octanol–water partition coefficient (Wildman–Crippen LogP) is 1.35. The van der Waals surface area contributed by atoms with E-state index in [0.29, 0.717) is 5.69 Å². The van der Waals surface area contributed by atoms with Gasteiger partial charge in [-0.2, -0.15) is 5.10 Å². The Balaban J connectivity index is 2.05. The highest BCUT2D eigenvalue weighted by Crippen LogP contribution is 2.24. The molecule has 0 radical (unpaired) electrons. The lowest BCUT2D eigenvalue weighted by Crippen LogP contribution is -2.41. The number of carbonyl (C=O) groups is 2. The third kappa shape index (κ3) is 3.38. The van der Waals surface area contributed by atoms with Gasteiger partial charge in [0, 0.05) is 17.3 Å². The summed E-state index contributed by atoms with van der Waals surface area (Å²) in [4.78, 5) is 33.6. The zero-order valence-electron chi connectivity index (χ0n) is 11.2. The normalized spacial score (nSPS) is 10.1. The maximum absolute atomic E-state index is 11.9. The monoisotopic (exact) mass is 323 g/mol. The summed E-state index contributed by atoms with van der Waals surface area (Å²) in [5, 5.41) is 17.0. The molecule has 1 aromatic carbocycles. The van der Waals surface area contributed by atoms with E-state index in [1.54, 1.807) is 6.92 Å². The van der Waals surface area contributed by atoms with Crippen LogP contribution in [0, 0.1) is 17.0 Å². The molecule has 0 aliphatic carbocycles. The Kier molecular flexibility index (Phi) is 4.37. The average Bonchev–Trinajstić information content (AvgIpc) is 2.91. The Morgan fingerprint density at radius 3 is 2.55 bits per heavy atom. The molecule has 0 saturated carbocycles. The van der Waals surface area contributed by atoms with E-state index in [1.165, 1.54) is 18.2 Å². The maximum atomic E-state index is 11.9. The first-order valence-corrected chi connectivity index (χ1v) is 6.33. The Labute approximate surface area is 128 Å². The molecule has 9 nitrogen and oxygen atoms in total. The minimum absolute atomic E-state index is 0.0189. The zero-order valence-corrected chi connectivity index (χ0v) is 12.0. The first-order chi connectivity index (χ1) is 10.4. The number of nitrogens with one attached hydrogen (secondary N) is 3. The number of H-pyrrole nitrogens is 1. The number of nitrogens with zero attached hydrogens (tertiary/aromatic N) is 2. The molecule has 0 saturated heterocycles. The van der Waals surface area contributed by atoms with E-state index in [1.807, 2.05) is 0 Å². The zero-order chi connectivity index (χ0) is 16.3. The van der Waals surface area contributed by atoms with Crippen LogP contribution in [0.25, 0.3) is 0 Å². The van der Waals surface area contributed by atoms with Crippen LogP contribution < -0.4 is 10.9 Å². The summed E-state index contributed by atoms with van der Waals surface area (Å²) in [7, 11) is 0. The maximum Gasteiger partial charge on any atom is 0.290 e. The molecule has 22 heavy (non-hydrogen) atoms. The van der Waals surface area contributed by atoms with E-state index in [4.69, 9.17) is 11.6 Å². The molecule has 2 aromatic rings. The average molecular weight is 324 g/mol. The van der Waals surface area contributed by atoms with Gasteiger partial charge in [-0.05, 0) is 25.1 Å². The summed E-state index contributed by atoms with van der Waals surface area (Å²) in [6.45, 7) is 1.72. The Hall–Kier alpha value is -2.94. The molecule has 1 heterocycles. The number of carbonyl (C=O) groups excluding carboxylic acids is 2. The lowest BCUT2D eigenvalue weighted by Gasteiger charge is -2.06. The summed E-state index contributed by atoms with van der Waals surface area (Å²) in [5.41, 5.74) is 4.65. The predicted molar refractivity (Wildman–Crippen MR) is 76.4 cm³/mol. The number of hydrogen-bond donors (Lipinski definition) is 3. The highest BCUT2D eigenvalue weighted by Gasteiger charge is 2.17. The van der Waals surface area contributed by atoms with E-state index in [-0.39, 0.29) is 16.3 Å². The SMILES string of the molecule is Cc1cc(C(=O)NNC(=O)c2ccc(Cl)c([N+](=O)[O-])c2)n[nH]1. The summed E-state index contributed by atoms with van der Waals surface area (Å²) >= 11 is 5.65. The van der Waals surface area contributed by atoms with Gasteiger partial charge in [0.1, 0.15) is 5.02 Å². The Morgan fingerprint density at radius 1 is 1.27 bits per heavy atom. The van der Waals surface area contributed by atoms with Crippen molar-refractivity contribution in [2.75, 3.05) is 0 Å². The van der Waals surface area contributed by atoms with E-state index < -0.39 is 22.4 Å². The van der Waals surface area contributed by atoms with Gasteiger partial charge in [0.15, 0.2) is 5.69 Å². The molecule has 0 aliphatic heterocycles. The first kappa shape index (κ1) is 15.4. The van der Waals surface area contributed by atoms with Crippen LogP contribution in [0.1, 0.15) is 26.5 Å². The van der Waals surface area contributed by atoms with E-state index in [0.717, 1.165) is 6.07 Å². The van der Waals surface area contributed by atoms with Gasteiger partial charge in [-0.3, -0.25) is 35.7 Å². The summed E-state index contributed by atoms with van der Waals surface area (Å²) in [5.74, 6) is -1.35. The Bertz CT molecular complexity index is 758. The van der Waals surface area contributed by atoms with Gasteiger partial charge < -0.3 is 0 Å². The van der Waals surface area contributed by atoms with Crippen LogP contribution in [0.15, 0.2) is 24.3 Å². The van der Waals surface area contributed by atoms with E-state index in [2.05, 4.69) is 21.0 Å². The number of hydrogen-bond acceptors (Lipinski definition) is 5. The van der Waals surface area contributed by atoms with E-state index >= 15 is 0 Å². The van der Waals surface area contributed by atoms with Crippen LogP contribution in [0.5, 0.6) is 0 Å². The lowest BCUT2D eigenvalue weighted by molar-refractivity contribution is -0.384. The second-order valence-electron chi connectivity index (χ2n) is 4.27. The van der Waals surface area contributed by atoms with Crippen LogP contribution in [0.2, 0.25) is 5.02 Å². The number of nitro benzene ring substituents is 1. The third-order valence-electron chi connectivity index (χ3n) is 2.63. The highest BCUT2D eigenvalue weighted by atomic mass is 35.5. The molecular formula is C12H10ClN5O4. The smallest absolute Gasteiger partial charge is 0.282 e. The van der Waals surface area contributed by atoms with Crippen molar-refractivity contribution in [3.05, 3.63) is 56.4 Å². The highest BCUT2D eigenvalue weighted by molar-refractivity contribution is 6.32. The van der Waals surface area contributed by atoms with Crippen molar-refractivity contribution in [2.24, 2.45) is 0 Å². The summed E-state index contributed by atoms with van der Waals surface area (Å²) in [6, 6.07) is 5.04. The van der Waals surface area contributed by atoms with Crippen molar-refractivity contribution in [3.8, 4) is 0 Å². The number of benzene rings is 1. The number of nitro groups is 1. The van der Waals surface area contributed by atoms with Crippen molar-refractivity contribution >= 4 is 29.1 Å². The number of aromatic nitrogens is 2. The van der Waals surface area contributed by atoms with Crippen molar-refractivity contribution in [1.29, 1.82) is 0 Å². The second kappa shape index (κ2) is 6.22. The van der Waals surface area contributed by atoms with Crippen LogP contribution >= 0.6 is 11.6 Å². The minimum atomic E-state index is -0.722.